The van der Waals surface area contributed by atoms with Gasteiger partial charge in [0, 0.05) is 10.4 Å². The summed E-state index contributed by atoms with van der Waals surface area (Å²) in [7, 11) is 0. The summed E-state index contributed by atoms with van der Waals surface area (Å²) in [6.07, 6.45) is 5.45. The molecule has 0 fully saturated rings. The summed E-state index contributed by atoms with van der Waals surface area (Å²) in [4.78, 5) is 14.2. The number of nitrogens with one attached hydrogen (secondary N) is 1. The second-order valence-corrected chi connectivity index (χ2v) is 9.12. The van der Waals surface area contributed by atoms with E-state index in [0.29, 0.717) is 21.9 Å². The monoisotopic (exact) mass is 441 g/mol. The van der Waals surface area contributed by atoms with Crippen molar-refractivity contribution in [2.75, 3.05) is 5.32 Å². The number of thiophene rings is 1. The Morgan fingerprint density at radius 3 is 2.69 bits per heavy atom. The topological polar surface area (TPSA) is 85.9 Å². The summed E-state index contributed by atoms with van der Waals surface area (Å²) in [5.41, 5.74) is 2.23. The molecule has 1 amide bonds. The fourth-order valence-corrected chi connectivity index (χ4v) is 5.25. The Labute approximate surface area is 191 Å². The standard InChI is InChI=1S/C26H23N3O2S/c1-16(2)31-23-12-11-17-7-3-4-8-19(17)21(23)13-18(14-27)25(30)29-26-22(15-28)20-9-5-6-10-24(20)32-26/h3-4,7-8,11-13,16H,5-6,9-10H2,1-2H3,(H,29,30)/b18-13+. The zero-order valence-electron chi connectivity index (χ0n) is 18.1. The van der Waals surface area contributed by atoms with Gasteiger partial charge >= 0.3 is 0 Å². The van der Waals surface area contributed by atoms with Gasteiger partial charge in [-0.15, -0.1) is 11.3 Å². The summed E-state index contributed by atoms with van der Waals surface area (Å²) in [5, 5.41) is 24.7. The van der Waals surface area contributed by atoms with Gasteiger partial charge < -0.3 is 10.1 Å². The van der Waals surface area contributed by atoms with Crippen molar-refractivity contribution >= 4 is 39.1 Å². The van der Waals surface area contributed by atoms with Gasteiger partial charge in [0.2, 0.25) is 0 Å². The molecule has 4 rings (SSSR count). The Balaban J connectivity index is 1.74. The Morgan fingerprint density at radius 1 is 1.16 bits per heavy atom. The molecule has 1 N–H and O–H groups in total. The van der Waals surface area contributed by atoms with Gasteiger partial charge in [0.05, 0.1) is 11.7 Å². The maximum absolute atomic E-state index is 13.1. The maximum Gasteiger partial charge on any atom is 0.266 e. The molecule has 1 aliphatic rings. The molecule has 2 aromatic carbocycles. The van der Waals surface area contributed by atoms with Crippen LogP contribution in [0.4, 0.5) is 5.00 Å². The molecule has 1 aromatic heterocycles. The van der Waals surface area contributed by atoms with Crippen molar-refractivity contribution in [3.05, 3.63) is 63.5 Å². The van der Waals surface area contributed by atoms with Crippen LogP contribution in [0.5, 0.6) is 5.75 Å². The number of benzene rings is 2. The number of fused-ring (bicyclic) bond motifs is 2. The van der Waals surface area contributed by atoms with Crippen LogP contribution < -0.4 is 10.1 Å². The first-order chi connectivity index (χ1) is 15.5. The van der Waals surface area contributed by atoms with Crippen molar-refractivity contribution in [3.63, 3.8) is 0 Å². The van der Waals surface area contributed by atoms with Crippen molar-refractivity contribution < 1.29 is 9.53 Å². The number of carbonyl (C=O) groups is 1. The zero-order valence-corrected chi connectivity index (χ0v) is 18.9. The number of rotatable bonds is 5. The average Bonchev–Trinajstić information content (AvgIpc) is 3.14. The van der Waals surface area contributed by atoms with Crippen LogP contribution in [0.25, 0.3) is 16.8 Å². The fourth-order valence-electron chi connectivity index (χ4n) is 4.02. The summed E-state index contributed by atoms with van der Waals surface area (Å²) >= 11 is 1.45. The van der Waals surface area contributed by atoms with Crippen LogP contribution in [0, 0.1) is 22.7 Å². The molecule has 1 heterocycles. The SMILES string of the molecule is CC(C)Oc1ccc2ccccc2c1/C=C(\C#N)C(=O)Nc1sc2c(c1C#N)CCCC2. The highest BCUT2D eigenvalue weighted by molar-refractivity contribution is 7.16. The third-order valence-electron chi connectivity index (χ3n) is 5.46. The number of carbonyl (C=O) groups excluding carboxylic acids is 1. The third kappa shape index (κ3) is 4.23. The molecule has 160 valence electrons. The lowest BCUT2D eigenvalue weighted by Crippen LogP contribution is -2.14. The smallest absolute Gasteiger partial charge is 0.266 e. The van der Waals surface area contributed by atoms with Gasteiger partial charge in [-0.1, -0.05) is 30.3 Å². The van der Waals surface area contributed by atoms with Crippen molar-refractivity contribution in [2.24, 2.45) is 0 Å². The molecule has 3 aromatic rings. The number of hydrogen-bond acceptors (Lipinski definition) is 5. The van der Waals surface area contributed by atoms with Gasteiger partial charge in [-0.2, -0.15) is 10.5 Å². The van der Waals surface area contributed by atoms with Crippen molar-refractivity contribution in [3.8, 4) is 17.9 Å². The average molecular weight is 442 g/mol. The number of hydrogen-bond donors (Lipinski definition) is 1. The lowest BCUT2D eigenvalue weighted by molar-refractivity contribution is -0.112. The largest absolute Gasteiger partial charge is 0.490 e. The Kier molecular flexibility index (Phi) is 6.25. The third-order valence-corrected chi connectivity index (χ3v) is 6.66. The molecule has 0 aliphatic heterocycles. The highest BCUT2D eigenvalue weighted by atomic mass is 32.1. The molecule has 32 heavy (non-hydrogen) atoms. The summed E-state index contributed by atoms with van der Waals surface area (Å²) < 4.78 is 5.96. The molecule has 0 unspecified atom stereocenters. The fraction of sp³-hybridized carbons (Fsp3) is 0.269. The predicted molar refractivity (Wildman–Crippen MR) is 128 cm³/mol. The minimum Gasteiger partial charge on any atom is -0.490 e. The van der Waals surface area contributed by atoms with Crippen LogP contribution in [0.1, 0.15) is 48.3 Å². The van der Waals surface area contributed by atoms with Gasteiger partial charge in [-0.05, 0) is 68.0 Å². The van der Waals surface area contributed by atoms with E-state index in [2.05, 4.69) is 11.4 Å². The summed E-state index contributed by atoms with van der Waals surface area (Å²) in [6, 6.07) is 15.9. The second kappa shape index (κ2) is 9.26. The predicted octanol–water partition coefficient (Wildman–Crippen LogP) is 5.98. The Bertz CT molecular complexity index is 1310. The van der Waals surface area contributed by atoms with E-state index in [0.717, 1.165) is 46.9 Å². The van der Waals surface area contributed by atoms with Gasteiger partial charge in [-0.25, -0.2) is 0 Å². The summed E-state index contributed by atoms with van der Waals surface area (Å²) in [6.45, 7) is 3.87. The van der Waals surface area contributed by atoms with Crippen molar-refractivity contribution in [1.82, 2.24) is 0 Å². The van der Waals surface area contributed by atoms with Crippen molar-refractivity contribution in [1.29, 1.82) is 10.5 Å². The van der Waals surface area contributed by atoms with Crippen LogP contribution in [0.15, 0.2) is 42.0 Å². The number of anilines is 1. The van der Waals surface area contributed by atoms with E-state index in [4.69, 9.17) is 4.74 Å². The van der Waals surface area contributed by atoms with Crippen LogP contribution in [0.3, 0.4) is 0 Å². The zero-order chi connectivity index (χ0) is 22.7. The van der Waals surface area contributed by atoms with E-state index in [1.54, 1.807) is 6.08 Å². The number of nitrogens with zero attached hydrogens (tertiary/aromatic N) is 2. The molecule has 5 nitrogen and oxygen atoms in total. The van der Waals surface area contributed by atoms with Crippen LogP contribution in [-0.4, -0.2) is 12.0 Å². The molecule has 0 bridgehead atoms. The number of ether oxygens (including phenoxy) is 1. The number of nitriles is 2. The molecular weight excluding hydrogens is 418 g/mol. The molecule has 0 radical (unpaired) electrons. The first-order valence-electron chi connectivity index (χ1n) is 10.7. The molecule has 0 saturated carbocycles. The summed E-state index contributed by atoms with van der Waals surface area (Å²) in [5.74, 6) is 0.0922. The van der Waals surface area contributed by atoms with Gasteiger partial charge in [0.25, 0.3) is 5.91 Å². The van der Waals surface area contributed by atoms with E-state index in [-0.39, 0.29) is 11.7 Å². The van der Waals surface area contributed by atoms with E-state index in [1.807, 2.05) is 56.3 Å². The van der Waals surface area contributed by atoms with Crippen LogP contribution in [0.2, 0.25) is 0 Å². The van der Waals surface area contributed by atoms with Crippen LogP contribution >= 0.6 is 11.3 Å². The maximum atomic E-state index is 13.1. The van der Waals surface area contributed by atoms with Gasteiger partial charge in [0.15, 0.2) is 0 Å². The normalized spacial score (nSPS) is 13.3. The first kappa shape index (κ1) is 21.6. The lowest BCUT2D eigenvalue weighted by atomic mass is 9.96. The van der Waals surface area contributed by atoms with E-state index in [1.165, 1.54) is 11.3 Å². The van der Waals surface area contributed by atoms with E-state index < -0.39 is 5.91 Å². The quantitative estimate of drug-likeness (QED) is 0.389. The number of amides is 1. The highest BCUT2D eigenvalue weighted by Gasteiger charge is 2.23. The number of aryl methyl sites for hydroxylation is 1. The molecule has 0 spiro atoms. The van der Waals surface area contributed by atoms with E-state index in [9.17, 15) is 15.3 Å². The molecule has 0 saturated heterocycles. The Hall–Kier alpha value is -3.61. The molecule has 6 heteroatoms. The first-order valence-corrected chi connectivity index (χ1v) is 11.5. The van der Waals surface area contributed by atoms with Crippen LogP contribution in [-0.2, 0) is 17.6 Å². The molecular formula is C26H23N3O2S. The van der Waals surface area contributed by atoms with Gasteiger partial charge in [0.1, 0.15) is 28.5 Å². The molecule has 1 aliphatic carbocycles. The lowest BCUT2D eigenvalue weighted by Gasteiger charge is -2.15. The molecule has 0 atom stereocenters. The van der Waals surface area contributed by atoms with Gasteiger partial charge in [-0.3, -0.25) is 4.79 Å². The van der Waals surface area contributed by atoms with E-state index >= 15 is 0 Å². The minimum atomic E-state index is -0.522. The van der Waals surface area contributed by atoms with Crippen molar-refractivity contribution in [2.45, 2.75) is 45.6 Å². The highest BCUT2D eigenvalue weighted by Crippen LogP contribution is 2.38. The Morgan fingerprint density at radius 2 is 1.94 bits per heavy atom. The minimum absolute atomic E-state index is 0.0368. The second-order valence-electron chi connectivity index (χ2n) is 8.02.